The lowest BCUT2D eigenvalue weighted by atomic mass is 10.5. The first-order chi connectivity index (χ1) is 3.06. The number of hydrogen-bond donors (Lipinski definition) is 2. The highest BCUT2D eigenvalue weighted by atomic mass is 16.3. The lowest BCUT2D eigenvalue weighted by Crippen LogP contribution is -2.36. The van der Waals surface area contributed by atoms with Gasteiger partial charge in [0.25, 0.3) is 0 Å². The molecule has 0 aliphatic rings. The first-order valence-corrected chi connectivity index (χ1v) is 2.47. The average Bonchev–Trinajstić information content (AvgIpc) is 1.30. The van der Waals surface area contributed by atoms with Gasteiger partial charge in [0, 0.05) is 0 Å². The van der Waals surface area contributed by atoms with Crippen molar-refractivity contribution in [3.05, 3.63) is 0 Å². The second-order valence-corrected chi connectivity index (χ2v) is 2.74. The minimum atomic E-state index is 0. The predicted molar refractivity (Wildman–Crippen MR) is 40.6 cm³/mol. The zero-order chi connectivity index (χ0) is 5.91. The van der Waals surface area contributed by atoms with E-state index in [0.29, 0.717) is 0 Å². The molecule has 0 spiro atoms. The van der Waals surface area contributed by atoms with E-state index in [2.05, 4.69) is 21.1 Å². The topological polar surface area (TPSA) is 117 Å². The van der Waals surface area contributed by atoms with Crippen LogP contribution in [0.5, 0.6) is 0 Å². The van der Waals surface area contributed by atoms with Gasteiger partial charge in [0.15, 0.2) is 0 Å². The van der Waals surface area contributed by atoms with Crippen LogP contribution in [-0.4, -0.2) is 54.8 Å². The molecule has 0 aliphatic carbocycles. The van der Waals surface area contributed by atoms with Crippen LogP contribution in [0, 0.1) is 0 Å². The summed E-state index contributed by atoms with van der Waals surface area (Å²) in [6, 6.07) is 0. The molecule has 0 aromatic heterocycles. The fraction of sp³-hybridized carbons (Fsp3) is 1.00. The maximum Gasteiger partial charge on any atom is 0.101 e. The number of quaternary nitrogens is 1. The van der Waals surface area contributed by atoms with E-state index >= 15 is 0 Å². The Kier molecular flexibility index (Phi) is 19.9. The fourth-order valence-corrected chi connectivity index (χ4v) is 0.300. The van der Waals surface area contributed by atoms with Crippen LogP contribution in [0.15, 0.2) is 0 Å². The lowest BCUT2D eigenvalue weighted by Gasteiger charge is -2.21. The Bertz CT molecular complexity index is 53.3. The summed E-state index contributed by atoms with van der Waals surface area (Å²) in [6.07, 6.45) is 0. The molecule has 5 heteroatoms. The van der Waals surface area contributed by atoms with Crippen LogP contribution in [0.2, 0.25) is 0 Å². The zero-order valence-corrected chi connectivity index (χ0v) is 6.96. The monoisotopic (exact) mass is 156 g/mol. The molecule has 0 rings (SSSR count). The standard InChI is InChI=1S/C5H14NO.H3N.2H2O/c1-6(2,3)4-5-7;;;/h7H,4-5H2,1-3H3;1H3;2*1H2/q+1;;;/p-1. The van der Waals surface area contributed by atoms with Gasteiger partial charge in [0.1, 0.15) is 6.54 Å². The number of rotatable bonds is 2. The molecule has 0 fully saturated rings. The van der Waals surface area contributed by atoms with E-state index in [1.54, 1.807) is 0 Å². The van der Waals surface area contributed by atoms with Gasteiger partial charge in [-0.25, -0.2) is 0 Å². The van der Waals surface area contributed by atoms with Crippen LogP contribution < -0.4 is 6.15 Å². The molecule has 0 aromatic rings. The SMILES string of the molecule is C[N+](C)(C)CCO.N.O.[OH-]. The van der Waals surface area contributed by atoms with Crippen LogP contribution in [-0.2, 0) is 0 Å². The van der Waals surface area contributed by atoms with Crippen molar-refractivity contribution < 1.29 is 20.5 Å². The Morgan fingerprint density at radius 1 is 1.20 bits per heavy atom. The summed E-state index contributed by atoms with van der Waals surface area (Å²) in [6.45, 7) is 1.11. The third-order valence-corrected chi connectivity index (χ3v) is 0.771. The first kappa shape index (κ1) is 22.6. The maximum absolute atomic E-state index is 8.39. The molecule has 68 valence electrons. The smallest absolute Gasteiger partial charge is 0.101 e. The summed E-state index contributed by atoms with van der Waals surface area (Å²) in [5.41, 5.74) is 0. The van der Waals surface area contributed by atoms with Crippen molar-refractivity contribution in [2.24, 2.45) is 0 Å². The molecule has 10 heavy (non-hydrogen) atoms. The van der Waals surface area contributed by atoms with Crippen LogP contribution >= 0.6 is 0 Å². The molecule has 0 saturated heterocycles. The summed E-state index contributed by atoms with van der Waals surface area (Å²) in [4.78, 5) is 0. The molecule has 0 atom stereocenters. The molecule has 0 aromatic carbocycles. The van der Waals surface area contributed by atoms with Gasteiger partial charge in [0.2, 0.25) is 0 Å². The van der Waals surface area contributed by atoms with Crippen LogP contribution in [0.1, 0.15) is 0 Å². The highest BCUT2D eigenvalue weighted by molar-refractivity contribution is 4.19. The molecule has 0 unspecified atom stereocenters. The van der Waals surface area contributed by atoms with Gasteiger partial charge < -0.3 is 26.7 Å². The van der Waals surface area contributed by atoms with E-state index in [-0.39, 0.29) is 23.7 Å². The predicted octanol–water partition coefficient (Wildman–Crippen LogP) is -1.15. The van der Waals surface area contributed by atoms with Crippen LogP contribution in [0.4, 0.5) is 0 Å². The van der Waals surface area contributed by atoms with Crippen molar-refractivity contribution >= 4 is 0 Å². The highest BCUT2D eigenvalue weighted by Crippen LogP contribution is 1.84. The Hall–Kier alpha value is -0.200. The normalized spacial score (nSPS) is 8.40. The molecule has 0 heterocycles. The van der Waals surface area contributed by atoms with E-state index in [4.69, 9.17) is 5.11 Å². The minimum Gasteiger partial charge on any atom is -0.870 e. The number of aliphatic hydroxyl groups is 1. The molecule has 0 radical (unpaired) electrons. The van der Waals surface area contributed by atoms with E-state index in [0.717, 1.165) is 11.0 Å². The Morgan fingerprint density at radius 2 is 1.50 bits per heavy atom. The molecule has 0 saturated carbocycles. The fourth-order valence-electron chi connectivity index (χ4n) is 0.300. The van der Waals surface area contributed by atoms with E-state index in [9.17, 15) is 0 Å². The molecular formula is C5H20N2O3. The van der Waals surface area contributed by atoms with Gasteiger partial charge in [-0.3, -0.25) is 0 Å². The van der Waals surface area contributed by atoms with Gasteiger partial charge in [-0.1, -0.05) is 0 Å². The number of hydrogen-bond acceptors (Lipinski definition) is 3. The van der Waals surface area contributed by atoms with Crippen molar-refractivity contribution in [3.8, 4) is 0 Å². The largest absolute Gasteiger partial charge is 0.870 e. The lowest BCUT2D eigenvalue weighted by molar-refractivity contribution is -0.870. The molecule has 0 amide bonds. The van der Waals surface area contributed by atoms with Crippen molar-refractivity contribution in [1.29, 1.82) is 0 Å². The first-order valence-electron chi connectivity index (χ1n) is 2.47. The van der Waals surface area contributed by atoms with Gasteiger partial charge in [-0.05, 0) is 0 Å². The second kappa shape index (κ2) is 8.80. The highest BCUT2D eigenvalue weighted by Gasteiger charge is 2.02. The van der Waals surface area contributed by atoms with Gasteiger partial charge in [-0.2, -0.15) is 0 Å². The van der Waals surface area contributed by atoms with Crippen molar-refractivity contribution in [2.75, 3.05) is 34.3 Å². The minimum absolute atomic E-state index is 0. The Labute approximate surface area is 62.1 Å². The molecular weight excluding hydrogens is 136 g/mol. The van der Waals surface area contributed by atoms with Gasteiger partial charge in [-0.15, -0.1) is 0 Å². The van der Waals surface area contributed by atoms with E-state index < -0.39 is 0 Å². The molecule has 7 N–H and O–H groups in total. The molecule has 5 nitrogen and oxygen atoms in total. The van der Waals surface area contributed by atoms with Crippen molar-refractivity contribution in [3.63, 3.8) is 0 Å². The third kappa shape index (κ3) is 25.0. The summed E-state index contributed by atoms with van der Waals surface area (Å²) in [5, 5.41) is 8.39. The third-order valence-electron chi connectivity index (χ3n) is 0.771. The summed E-state index contributed by atoms with van der Waals surface area (Å²) in [5.74, 6) is 0. The maximum atomic E-state index is 8.39. The Balaban J connectivity index is -0.0000000600. The summed E-state index contributed by atoms with van der Waals surface area (Å²) >= 11 is 0. The van der Waals surface area contributed by atoms with Crippen LogP contribution in [0.25, 0.3) is 0 Å². The Morgan fingerprint density at radius 3 is 1.50 bits per heavy atom. The van der Waals surface area contributed by atoms with Crippen LogP contribution in [0.3, 0.4) is 0 Å². The van der Waals surface area contributed by atoms with Crippen molar-refractivity contribution in [2.45, 2.75) is 0 Å². The van der Waals surface area contributed by atoms with Gasteiger partial charge >= 0.3 is 0 Å². The number of aliphatic hydroxyl groups excluding tert-OH is 1. The van der Waals surface area contributed by atoms with E-state index in [1.165, 1.54) is 0 Å². The zero-order valence-electron chi connectivity index (χ0n) is 6.96. The molecule has 0 aliphatic heterocycles. The molecule has 0 bridgehead atoms. The van der Waals surface area contributed by atoms with E-state index in [1.807, 2.05) is 0 Å². The summed E-state index contributed by atoms with van der Waals surface area (Å²) in [7, 11) is 6.16. The number of nitrogens with zero attached hydrogens (tertiary/aromatic N) is 1. The number of likely N-dealkylation sites (N-methyl/N-ethyl adjacent to an activating group) is 1. The van der Waals surface area contributed by atoms with Gasteiger partial charge in [0.05, 0.1) is 27.7 Å². The second-order valence-electron chi connectivity index (χ2n) is 2.74. The average molecular weight is 156 g/mol. The van der Waals surface area contributed by atoms with Crippen molar-refractivity contribution in [1.82, 2.24) is 6.15 Å². The quantitative estimate of drug-likeness (QED) is 0.491. The summed E-state index contributed by atoms with van der Waals surface area (Å²) < 4.78 is 0.844.